The van der Waals surface area contributed by atoms with Gasteiger partial charge in [-0.05, 0) is 42.0 Å². The van der Waals surface area contributed by atoms with Crippen LogP contribution in [0.25, 0.3) is 11.0 Å². The number of aromatic nitrogens is 2. The molecular formula is C22H19FN4O3. The fourth-order valence-corrected chi connectivity index (χ4v) is 3.09. The molecule has 2 aromatic carbocycles. The molecule has 0 atom stereocenters. The highest BCUT2D eigenvalue weighted by Gasteiger charge is 2.15. The normalized spacial score (nSPS) is 10.8. The van der Waals surface area contributed by atoms with Gasteiger partial charge in [0.1, 0.15) is 18.2 Å². The van der Waals surface area contributed by atoms with E-state index in [1.807, 2.05) is 24.3 Å². The second-order valence-corrected chi connectivity index (χ2v) is 6.67. The van der Waals surface area contributed by atoms with Crippen molar-refractivity contribution in [1.82, 2.24) is 20.2 Å². The summed E-state index contributed by atoms with van der Waals surface area (Å²) in [5.41, 5.74) is 2.31. The van der Waals surface area contributed by atoms with Crippen molar-refractivity contribution in [2.24, 2.45) is 0 Å². The maximum absolute atomic E-state index is 13.0. The highest BCUT2D eigenvalue weighted by Crippen LogP contribution is 2.16. The van der Waals surface area contributed by atoms with Gasteiger partial charge in [-0.15, -0.1) is 0 Å². The Kier molecular flexibility index (Phi) is 5.56. The third kappa shape index (κ3) is 4.38. The van der Waals surface area contributed by atoms with Crippen LogP contribution in [0, 0.1) is 5.82 Å². The Labute approximate surface area is 171 Å². The summed E-state index contributed by atoms with van der Waals surface area (Å²) < 4.78 is 19.9. The Bertz CT molecular complexity index is 1170. The summed E-state index contributed by atoms with van der Waals surface area (Å²) in [5, 5.41) is 5.58. The fourth-order valence-electron chi connectivity index (χ4n) is 3.09. The smallest absolute Gasteiger partial charge is 0.287 e. The van der Waals surface area contributed by atoms with Gasteiger partial charge in [-0.3, -0.25) is 9.59 Å². The highest BCUT2D eigenvalue weighted by molar-refractivity contribution is 5.91. The molecule has 0 saturated heterocycles. The standard InChI is InChI=1S/C22H19FN4O3/c23-16-9-7-15(8-10-16)12-24-21(28)14-27-18-5-2-1-4-17(18)26-20(27)13-25-22(29)19-6-3-11-30-19/h1-11H,12-14H2,(H,24,28)(H,25,29). The summed E-state index contributed by atoms with van der Waals surface area (Å²) in [6.45, 7) is 0.462. The van der Waals surface area contributed by atoms with Crippen molar-refractivity contribution in [3.05, 3.63) is 89.9 Å². The molecule has 0 aliphatic carbocycles. The topological polar surface area (TPSA) is 89.2 Å². The van der Waals surface area contributed by atoms with E-state index in [1.165, 1.54) is 18.4 Å². The van der Waals surface area contributed by atoms with Crippen LogP contribution in [-0.2, 0) is 24.4 Å². The summed E-state index contributed by atoms with van der Waals surface area (Å²) in [4.78, 5) is 29.2. The van der Waals surface area contributed by atoms with Crippen LogP contribution in [0.1, 0.15) is 21.9 Å². The minimum absolute atomic E-state index is 0.0354. The third-order valence-corrected chi connectivity index (χ3v) is 4.59. The number of hydrogen-bond donors (Lipinski definition) is 2. The van der Waals surface area contributed by atoms with Gasteiger partial charge in [0.2, 0.25) is 5.91 Å². The second-order valence-electron chi connectivity index (χ2n) is 6.67. The molecule has 152 valence electrons. The maximum atomic E-state index is 13.0. The van der Waals surface area contributed by atoms with E-state index < -0.39 is 0 Å². The molecular weight excluding hydrogens is 387 g/mol. The summed E-state index contributed by atoms with van der Waals surface area (Å²) in [7, 11) is 0. The number of amides is 2. The Morgan fingerprint density at radius 1 is 0.967 bits per heavy atom. The second kappa shape index (κ2) is 8.60. The molecule has 30 heavy (non-hydrogen) atoms. The zero-order chi connectivity index (χ0) is 20.9. The van der Waals surface area contributed by atoms with E-state index in [0.29, 0.717) is 5.82 Å². The Morgan fingerprint density at radius 3 is 2.53 bits per heavy atom. The lowest BCUT2D eigenvalue weighted by molar-refractivity contribution is -0.121. The van der Waals surface area contributed by atoms with Crippen molar-refractivity contribution in [1.29, 1.82) is 0 Å². The summed E-state index contributed by atoms with van der Waals surface area (Å²) >= 11 is 0. The molecule has 0 radical (unpaired) electrons. The molecule has 0 aliphatic rings. The molecule has 2 amide bonds. The van der Waals surface area contributed by atoms with Gasteiger partial charge in [-0.1, -0.05) is 24.3 Å². The van der Waals surface area contributed by atoms with Crippen LogP contribution >= 0.6 is 0 Å². The summed E-state index contributed by atoms with van der Waals surface area (Å²) in [6.07, 6.45) is 1.43. The number of rotatable bonds is 7. The van der Waals surface area contributed by atoms with Crippen LogP contribution in [-0.4, -0.2) is 21.4 Å². The number of carbonyl (C=O) groups excluding carboxylic acids is 2. The van der Waals surface area contributed by atoms with Gasteiger partial charge in [-0.25, -0.2) is 9.37 Å². The SMILES string of the molecule is O=C(Cn1c(CNC(=O)c2ccco2)nc2ccccc21)NCc1ccc(F)cc1. The molecule has 0 spiro atoms. The number of nitrogens with one attached hydrogen (secondary N) is 2. The minimum Gasteiger partial charge on any atom is -0.459 e. The van der Waals surface area contributed by atoms with E-state index in [1.54, 1.807) is 28.8 Å². The van der Waals surface area contributed by atoms with E-state index in [9.17, 15) is 14.0 Å². The molecule has 7 nitrogen and oxygen atoms in total. The van der Waals surface area contributed by atoms with E-state index in [0.717, 1.165) is 16.6 Å². The van der Waals surface area contributed by atoms with Crippen molar-refractivity contribution in [2.75, 3.05) is 0 Å². The largest absolute Gasteiger partial charge is 0.459 e. The monoisotopic (exact) mass is 406 g/mol. The number of para-hydroxylation sites is 2. The number of carbonyl (C=O) groups is 2. The number of halogens is 1. The highest BCUT2D eigenvalue weighted by atomic mass is 19.1. The lowest BCUT2D eigenvalue weighted by atomic mass is 10.2. The number of imidazole rings is 1. The van der Waals surface area contributed by atoms with Crippen LogP contribution in [0.5, 0.6) is 0 Å². The van der Waals surface area contributed by atoms with Crippen LogP contribution in [0.15, 0.2) is 71.3 Å². The van der Waals surface area contributed by atoms with Crippen molar-refractivity contribution in [3.63, 3.8) is 0 Å². The predicted octanol–water partition coefficient (Wildman–Crippen LogP) is 3.01. The fraction of sp³-hybridized carbons (Fsp3) is 0.136. The van der Waals surface area contributed by atoms with Gasteiger partial charge in [0.15, 0.2) is 5.76 Å². The molecule has 4 aromatic rings. The number of nitrogens with zero attached hydrogens (tertiary/aromatic N) is 2. The molecule has 2 heterocycles. The molecule has 0 bridgehead atoms. The number of hydrogen-bond acceptors (Lipinski definition) is 4. The van der Waals surface area contributed by atoms with Gasteiger partial charge in [-0.2, -0.15) is 0 Å². The third-order valence-electron chi connectivity index (χ3n) is 4.59. The quantitative estimate of drug-likeness (QED) is 0.494. The van der Waals surface area contributed by atoms with Crippen LogP contribution < -0.4 is 10.6 Å². The molecule has 2 aromatic heterocycles. The van der Waals surface area contributed by atoms with Gasteiger partial charge < -0.3 is 19.6 Å². The van der Waals surface area contributed by atoms with E-state index in [2.05, 4.69) is 15.6 Å². The van der Waals surface area contributed by atoms with Crippen LogP contribution in [0.2, 0.25) is 0 Å². The van der Waals surface area contributed by atoms with E-state index in [4.69, 9.17) is 4.42 Å². The van der Waals surface area contributed by atoms with Gasteiger partial charge in [0.05, 0.1) is 23.8 Å². The van der Waals surface area contributed by atoms with Crippen molar-refractivity contribution in [3.8, 4) is 0 Å². The zero-order valence-corrected chi connectivity index (χ0v) is 16.0. The maximum Gasteiger partial charge on any atom is 0.287 e. The first-order valence-corrected chi connectivity index (χ1v) is 9.37. The van der Waals surface area contributed by atoms with Crippen molar-refractivity contribution < 1.29 is 18.4 Å². The predicted molar refractivity (Wildman–Crippen MR) is 108 cm³/mol. The van der Waals surface area contributed by atoms with Crippen molar-refractivity contribution >= 4 is 22.8 Å². The van der Waals surface area contributed by atoms with Gasteiger partial charge >= 0.3 is 0 Å². The Hall–Kier alpha value is -3.94. The molecule has 2 N–H and O–H groups in total. The first kappa shape index (κ1) is 19.4. The Morgan fingerprint density at radius 2 is 1.77 bits per heavy atom. The summed E-state index contributed by atoms with van der Waals surface area (Å²) in [5.74, 6) is -0.153. The first-order chi connectivity index (χ1) is 14.6. The average molecular weight is 406 g/mol. The average Bonchev–Trinajstić information content (AvgIpc) is 3.41. The van der Waals surface area contributed by atoms with Crippen molar-refractivity contribution in [2.45, 2.75) is 19.6 Å². The van der Waals surface area contributed by atoms with E-state index in [-0.39, 0.29) is 43.0 Å². The lowest BCUT2D eigenvalue weighted by Crippen LogP contribution is -2.29. The van der Waals surface area contributed by atoms with Crippen LogP contribution in [0.4, 0.5) is 4.39 Å². The zero-order valence-electron chi connectivity index (χ0n) is 16.0. The molecule has 8 heteroatoms. The van der Waals surface area contributed by atoms with Crippen LogP contribution in [0.3, 0.4) is 0 Å². The summed E-state index contributed by atoms with van der Waals surface area (Å²) in [6, 6.07) is 16.6. The molecule has 0 saturated carbocycles. The number of benzene rings is 2. The van der Waals surface area contributed by atoms with E-state index >= 15 is 0 Å². The van der Waals surface area contributed by atoms with Gasteiger partial charge in [0.25, 0.3) is 5.91 Å². The van der Waals surface area contributed by atoms with Gasteiger partial charge in [0, 0.05) is 6.54 Å². The molecule has 0 unspecified atom stereocenters. The Balaban J connectivity index is 1.47. The molecule has 0 aliphatic heterocycles. The number of fused-ring (bicyclic) bond motifs is 1. The first-order valence-electron chi connectivity index (χ1n) is 9.37. The lowest BCUT2D eigenvalue weighted by Gasteiger charge is -2.11. The molecule has 0 fully saturated rings. The number of furan rings is 1. The molecule has 4 rings (SSSR count). The minimum atomic E-state index is -0.362.